The summed E-state index contributed by atoms with van der Waals surface area (Å²) in [6.45, 7) is 4.92. The van der Waals surface area contributed by atoms with Gasteiger partial charge >= 0.3 is 17.9 Å². The highest BCUT2D eigenvalue weighted by atomic mass is 16.7. The highest BCUT2D eigenvalue weighted by molar-refractivity contribution is 5.71. The SMILES string of the molecule is CCCCCCC/C=C\C/C=C\C/C=C\CCCCCCCCCCCCC(=O)OC(COC(=O)CCCCCCCCCCCCCCCCCCCCCCCCCCCCCCCCC)COC(OCC[N+](C)(C)C)C(=O)O. The number of ether oxygens (including phenoxy) is 4. The van der Waals surface area contributed by atoms with Crippen molar-refractivity contribution in [1.82, 2.24) is 0 Å². The van der Waals surface area contributed by atoms with Crippen LogP contribution < -0.4 is 0 Å². The number of aliphatic carboxylic acids is 1. The first-order valence-electron chi connectivity index (χ1n) is 35.2. The Kier molecular flexibility index (Phi) is 61.6. The highest BCUT2D eigenvalue weighted by Gasteiger charge is 2.25. The Balaban J connectivity index is 4.07. The molecular formula is C72H136NO8+. The standard InChI is InChI=1S/C72H135NO8/c1-6-8-10-12-14-16-18-20-22-24-26-28-30-32-33-34-35-36-37-39-40-42-44-46-48-50-52-54-56-58-60-62-69(74)79-66-68(67-80-72(71(76)77)78-65-64-73(3,4)5)81-70(75)63-61-59-57-55-53-51-49-47-45-43-41-38-31-29-27-25-23-21-19-17-15-13-11-9-7-2/h19,21,25,27,31,38,68,72H,6-18,20,22-24,26,28-30,32-37,39-67H2,1-5H3/p+1/b21-19-,27-25-,38-31-. The molecule has 0 amide bonds. The topological polar surface area (TPSA) is 108 Å². The summed E-state index contributed by atoms with van der Waals surface area (Å²) in [6, 6.07) is 0. The van der Waals surface area contributed by atoms with Gasteiger partial charge in [-0.1, -0.05) is 320 Å². The number of hydrogen-bond donors (Lipinski definition) is 1. The fourth-order valence-electron chi connectivity index (χ4n) is 10.5. The molecular weight excluding hydrogens is 1010 g/mol. The van der Waals surface area contributed by atoms with Crippen molar-refractivity contribution in [3.05, 3.63) is 36.5 Å². The summed E-state index contributed by atoms with van der Waals surface area (Å²) < 4.78 is 23.0. The predicted molar refractivity (Wildman–Crippen MR) is 346 cm³/mol. The van der Waals surface area contributed by atoms with Crippen molar-refractivity contribution < 1.29 is 42.9 Å². The first-order chi connectivity index (χ1) is 39.6. The number of esters is 2. The third kappa shape index (κ3) is 64.9. The van der Waals surface area contributed by atoms with Gasteiger partial charge in [-0.15, -0.1) is 0 Å². The van der Waals surface area contributed by atoms with Gasteiger partial charge in [-0.25, -0.2) is 4.79 Å². The Bertz CT molecular complexity index is 1420. The number of carbonyl (C=O) groups excluding carboxylic acids is 2. The quantitative estimate of drug-likeness (QED) is 0.0211. The molecule has 9 heteroatoms. The average Bonchev–Trinajstić information content (AvgIpc) is 3.44. The number of hydrogen-bond acceptors (Lipinski definition) is 7. The van der Waals surface area contributed by atoms with E-state index in [2.05, 4.69) is 50.3 Å². The smallest absolute Gasteiger partial charge is 0.361 e. The molecule has 0 spiro atoms. The molecule has 0 radical (unpaired) electrons. The fourth-order valence-corrected chi connectivity index (χ4v) is 10.5. The van der Waals surface area contributed by atoms with Gasteiger partial charge in [-0.05, 0) is 51.4 Å². The van der Waals surface area contributed by atoms with Crippen LogP contribution in [0.1, 0.15) is 348 Å². The van der Waals surface area contributed by atoms with Gasteiger partial charge in [0.25, 0.3) is 6.29 Å². The summed E-state index contributed by atoms with van der Waals surface area (Å²) in [6.07, 6.45) is 76.9. The number of carboxylic acids is 1. The van der Waals surface area contributed by atoms with Crippen LogP contribution in [0, 0.1) is 0 Å². The van der Waals surface area contributed by atoms with Crippen LogP contribution in [0.4, 0.5) is 0 Å². The minimum Gasteiger partial charge on any atom is -0.477 e. The number of carboxylic acid groups (broad SMARTS) is 1. The normalized spacial score (nSPS) is 12.9. The zero-order valence-corrected chi connectivity index (χ0v) is 54.5. The second-order valence-electron chi connectivity index (χ2n) is 25.2. The van der Waals surface area contributed by atoms with E-state index in [1.165, 1.54) is 263 Å². The molecule has 2 unspecified atom stereocenters. The summed E-state index contributed by atoms with van der Waals surface area (Å²) in [4.78, 5) is 37.6. The highest BCUT2D eigenvalue weighted by Crippen LogP contribution is 2.19. The van der Waals surface area contributed by atoms with Gasteiger partial charge in [0.15, 0.2) is 6.10 Å². The maximum absolute atomic E-state index is 12.9. The van der Waals surface area contributed by atoms with Crippen molar-refractivity contribution in [2.45, 2.75) is 360 Å². The van der Waals surface area contributed by atoms with E-state index in [9.17, 15) is 19.5 Å². The molecule has 0 bridgehead atoms. The predicted octanol–water partition coefficient (Wildman–Crippen LogP) is 21.6. The largest absolute Gasteiger partial charge is 0.477 e. The van der Waals surface area contributed by atoms with Gasteiger partial charge in [-0.3, -0.25) is 9.59 Å². The zero-order valence-electron chi connectivity index (χ0n) is 54.5. The summed E-state index contributed by atoms with van der Waals surface area (Å²) in [7, 11) is 5.99. The molecule has 0 aliphatic carbocycles. The Morgan fingerprint density at radius 1 is 0.370 bits per heavy atom. The second kappa shape index (κ2) is 63.5. The second-order valence-corrected chi connectivity index (χ2v) is 25.2. The Hall–Kier alpha value is -2.49. The number of nitrogens with zero attached hydrogens (tertiary/aromatic N) is 1. The molecule has 0 aliphatic rings. The van der Waals surface area contributed by atoms with E-state index in [4.69, 9.17) is 18.9 Å². The van der Waals surface area contributed by atoms with E-state index in [1.807, 2.05) is 21.1 Å². The Morgan fingerprint density at radius 3 is 0.988 bits per heavy atom. The molecule has 0 fully saturated rings. The molecule has 81 heavy (non-hydrogen) atoms. The van der Waals surface area contributed by atoms with E-state index in [0.29, 0.717) is 17.4 Å². The summed E-state index contributed by atoms with van der Waals surface area (Å²) in [5.41, 5.74) is 0. The van der Waals surface area contributed by atoms with Gasteiger partial charge in [0, 0.05) is 12.8 Å². The molecule has 2 atom stereocenters. The third-order valence-corrected chi connectivity index (χ3v) is 15.9. The van der Waals surface area contributed by atoms with Crippen molar-refractivity contribution in [2.75, 3.05) is 47.5 Å². The molecule has 9 nitrogen and oxygen atoms in total. The lowest BCUT2D eigenvalue weighted by molar-refractivity contribution is -0.870. The molecule has 0 aromatic heterocycles. The van der Waals surface area contributed by atoms with Crippen LogP contribution in [0.5, 0.6) is 0 Å². The van der Waals surface area contributed by atoms with Crippen molar-refractivity contribution in [2.24, 2.45) is 0 Å². The first kappa shape index (κ1) is 78.5. The number of allylic oxidation sites excluding steroid dienone is 6. The zero-order chi connectivity index (χ0) is 59.1. The van der Waals surface area contributed by atoms with Crippen LogP contribution in [0.2, 0.25) is 0 Å². The number of rotatable bonds is 66. The molecule has 0 saturated heterocycles. The van der Waals surface area contributed by atoms with Crippen molar-refractivity contribution in [1.29, 1.82) is 0 Å². The number of quaternary nitrogens is 1. The van der Waals surface area contributed by atoms with E-state index in [-0.39, 0.29) is 32.2 Å². The minimum atomic E-state index is -1.51. The van der Waals surface area contributed by atoms with Crippen LogP contribution in [-0.2, 0) is 33.3 Å². The van der Waals surface area contributed by atoms with Gasteiger partial charge in [-0.2, -0.15) is 0 Å². The molecule has 0 saturated carbocycles. The number of unbranched alkanes of at least 4 members (excludes halogenated alkanes) is 45. The fraction of sp³-hybridized carbons (Fsp3) is 0.875. The summed E-state index contributed by atoms with van der Waals surface area (Å²) in [5, 5.41) is 9.74. The first-order valence-corrected chi connectivity index (χ1v) is 35.2. The van der Waals surface area contributed by atoms with Crippen LogP contribution in [-0.4, -0.2) is 87.4 Å². The number of carbonyl (C=O) groups is 3. The molecule has 0 aromatic rings. The number of likely N-dealkylation sites (N-methyl/N-ethyl adjacent to an activating group) is 1. The molecule has 0 aromatic carbocycles. The van der Waals surface area contributed by atoms with Crippen molar-refractivity contribution >= 4 is 17.9 Å². The van der Waals surface area contributed by atoms with Crippen LogP contribution in [0.3, 0.4) is 0 Å². The van der Waals surface area contributed by atoms with Crippen LogP contribution >= 0.6 is 0 Å². The summed E-state index contributed by atoms with van der Waals surface area (Å²) >= 11 is 0. The molecule has 0 aliphatic heterocycles. The maximum Gasteiger partial charge on any atom is 0.361 e. The van der Waals surface area contributed by atoms with Crippen molar-refractivity contribution in [3.63, 3.8) is 0 Å². The van der Waals surface area contributed by atoms with E-state index >= 15 is 0 Å². The maximum atomic E-state index is 12.9. The Morgan fingerprint density at radius 2 is 0.667 bits per heavy atom. The third-order valence-electron chi connectivity index (χ3n) is 15.9. The lowest BCUT2D eigenvalue weighted by atomic mass is 10.0. The summed E-state index contributed by atoms with van der Waals surface area (Å²) in [5.74, 6) is -1.99. The Labute approximate surface area is 502 Å². The molecule has 1 N–H and O–H groups in total. The molecule has 0 heterocycles. The van der Waals surface area contributed by atoms with Gasteiger partial charge < -0.3 is 28.5 Å². The monoisotopic (exact) mass is 1140 g/mol. The molecule has 0 rings (SSSR count). The lowest BCUT2D eigenvalue weighted by Gasteiger charge is -2.25. The van der Waals surface area contributed by atoms with Crippen LogP contribution in [0.15, 0.2) is 36.5 Å². The van der Waals surface area contributed by atoms with E-state index < -0.39 is 24.3 Å². The van der Waals surface area contributed by atoms with Crippen molar-refractivity contribution in [3.8, 4) is 0 Å². The van der Waals surface area contributed by atoms with E-state index in [0.717, 1.165) is 57.8 Å². The molecule has 476 valence electrons. The minimum absolute atomic E-state index is 0.179. The van der Waals surface area contributed by atoms with Gasteiger partial charge in [0.1, 0.15) is 13.2 Å². The van der Waals surface area contributed by atoms with Gasteiger partial charge in [0.2, 0.25) is 0 Å². The average molecular weight is 1140 g/mol. The lowest BCUT2D eigenvalue weighted by Crippen LogP contribution is -2.40. The van der Waals surface area contributed by atoms with E-state index in [1.54, 1.807) is 0 Å². The van der Waals surface area contributed by atoms with Gasteiger partial charge in [0.05, 0.1) is 34.4 Å². The van der Waals surface area contributed by atoms with Crippen LogP contribution in [0.25, 0.3) is 0 Å².